The van der Waals surface area contributed by atoms with E-state index < -0.39 is 10.0 Å². The lowest BCUT2D eigenvalue weighted by Gasteiger charge is -2.24. The Kier molecular flexibility index (Phi) is 6.86. The topological polar surface area (TPSA) is 58.2 Å². The smallest absolute Gasteiger partial charge is 0.212 e. The highest BCUT2D eigenvalue weighted by atomic mass is 32.2. The summed E-state index contributed by atoms with van der Waals surface area (Å²) in [6.07, 6.45) is 4.53. The average molecular weight is 324 g/mol. The highest BCUT2D eigenvalue weighted by Crippen LogP contribution is 2.15. The summed E-state index contributed by atoms with van der Waals surface area (Å²) in [7, 11) is -3.20. The van der Waals surface area contributed by atoms with E-state index in [1.807, 2.05) is 18.2 Å². The normalized spacial score (nSPS) is 18.2. The van der Waals surface area contributed by atoms with Gasteiger partial charge in [0, 0.05) is 6.04 Å². The van der Waals surface area contributed by atoms with E-state index in [2.05, 4.69) is 29.1 Å². The third-order valence-corrected chi connectivity index (χ3v) is 5.82. The Morgan fingerprint density at radius 3 is 2.55 bits per heavy atom. The maximum Gasteiger partial charge on any atom is 0.212 e. The minimum absolute atomic E-state index is 0.000819. The molecule has 22 heavy (non-hydrogen) atoms. The molecule has 2 N–H and O–H groups in total. The zero-order valence-corrected chi connectivity index (χ0v) is 14.2. The molecule has 1 aromatic rings. The molecule has 0 saturated carbocycles. The number of hydrogen-bond acceptors (Lipinski definition) is 3. The van der Waals surface area contributed by atoms with Crippen molar-refractivity contribution in [2.45, 2.75) is 45.1 Å². The van der Waals surface area contributed by atoms with E-state index in [1.165, 1.54) is 5.56 Å². The van der Waals surface area contributed by atoms with E-state index in [9.17, 15) is 8.42 Å². The third kappa shape index (κ3) is 6.07. The SMILES string of the molecule is CCCC(Cc1ccccc1)NS(=O)(=O)CC1CCNCC1. The number of hydrogen-bond donors (Lipinski definition) is 2. The van der Waals surface area contributed by atoms with Gasteiger partial charge in [-0.1, -0.05) is 43.7 Å². The minimum atomic E-state index is -3.20. The summed E-state index contributed by atoms with van der Waals surface area (Å²) in [6.45, 7) is 3.96. The van der Waals surface area contributed by atoms with Gasteiger partial charge in [-0.15, -0.1) is 0 Å². The van der Waals surface area contributed by atoms with Crippen molar-refractivity contribution in [3.05, 3.63) is 35.9 Å². The Morgan fingerprint density at radius 2 is 1.91 bits per heavy atom. The van der Waals surface area contributed by atoms with Crippen LogP contribution in [0.1, 0.15) is 38.2 Å². The van der Waals surface area contributed by atoms with Crippen molar-refractivity contribution < 1.29 is 8.42 Å². The summed E-state index contributed by atoms with van der Waals surface area (Å²) in [6, 6.07) is 10.1. The zero-order valence-electron chi connectivity index (χ0n) is 13.4. The molecular formula is C17H28N2O2S. The summed E-state index contributed by atoms with van der Waals surface area (Å²) in [4.78, 5) is 0. The van der Waals surface area contributed by atoms with Crippen LogP contribution in [0.4, 0.5) is 0 Å². The highest BCUT2D eigenvalue weighted by molar-refractivity contribution is 7.89. The molecule has 1 aliphatic heterocycles. The standard InChI is InChI=1S/C17H28N2O2S/c1-2-6-17(13-15-7-4-3-5-8-15)19-22(20,21)14-16-9-11-18-12-10-16/h3-5,7-8,16-19H,2,6,9-14H2,1H3. The van der Waals surface area contributed by atoms with Crippen LogP contribution >= 0.6 is 0 Å². The van der Waals surface area contributed by atoms with Gasteiger partial charge in [0.2, 0.25) is 10.0 Å². The summed E-state index contributed by atoms with van der Waals surface area (Å²) >= 11 is 0. The van der Waals surface area contributed by atoms with Gasteiger partial charge < -0.3 is 5.32 Å². The fourth-order valence-corrected chi connectivity index (χ4v) is 4.87. The maximum atomic E-state index is 12.4. The van der Waals surface area contributed by atoms with Gasteiger partial charge in [0.1, 0.15) is 0 Å². The fourth-order valence-electron chi connectivity index (χ4n) is 3.11. The van der Waals surface area contributed by atoms with Crippen molar-refractivity contribution >= 4 is 10.0 Å². The lowest BCUT2D eigenvalue weighted by molar-refractivity contribution is 0.398. The summed E-state index contributed by atoms with van der Waals surface area (Å²) in [5.41, 5.74) is 1.19. The Morgan fingerprint density at radius 1 is 1.23 bits per heavy atom. The van der Waals surface area contributed by atoms with Crippen LogP contribution in [0.25, 0.3) is 0 Å². The van der Waals surface area contributed by atoms with Gasteiger partial charge >= 0.3 is 0 Å². The van der Waals surface area contributed by atoms with Gasteiger partial charge in [0.25, 0.3) is 0 Å². The molecule has 4 nitrogen and oxygen atoms in total. The molecule has 0 amide bonds. The number of rotatable bonds is 8. The van der Waals surface area contributed by atoms with Gasteiger partial charge in [-0.3, -0.25) is 0 Å². The first-order valence-corrected chi connectivity index (χ1v) is 9.99. The van der Waals surface area contributed by atoms with E-state index in [-0.39, 0.29) is 17.7 Å². The van der Waals surface area contributed by atoms with E-state index in [1.54, 1.807) is 0 Å². The van der Waals surface area contributed by atoms with Crippen LogP contribution in [-0.2, 0) is 16.4 Å². The second-order valence-corrected chi connectivity index (χ2v) is 8.07. The van der Waals surface area contributed by atoms with Gasteiger partial charge in [0.15, 0.2) is 0 Å². The summed E-state index contributed by atoms with van der Waals surface area (Å²) in [5, 5.41) is 3.28. The first kappa shape index (κ1) is 17.4. The molecule has 1 heterocycles. The number of benzene rings is 1. The molecule has 0 radical (unpaired) electrons. The first-order chi connectivity index (χ1) is 10.6. The van der Waals surface area contributed by atoms with Gasteiger partial charge in [-0.05, 0) is 50.3 Å². The summed E-state index contributed by atoms with van der Waals surface area (Å²) in [5.74, 6) is 0.557. The first-order valence-electron chi connectivity index (χ1n) is 8.33. The molecule has 1 unspecified atom stereocenters. The molecule has 1 fully saturated rings. The molecule has 0 aromatic heterocycles. The van der Waals surface area contributed by atoms with E-state index >= 15 is 0 Å². The number of piperidine rings is 1. The van der Waals surface area contributed by atoms with Crippen LogP contribution < -0.4 is 10.0 Å². The zero-order chi connectivity index (χ0) is 15.8. The Hall–Kier alpha value is -0.910. The quantitative estimate of drug-likeness (QED) is 0.771. The number of sulfonamides is 1. The summed E-state index contributed by atoms with van der Waals surface area (Å²) < 4.78 is 27.8. The van der Waals surface area contributed by atoms with E-state index in [0.29, 0.717) is 0 Å². The van der Waals surface area contributed by atoms with Crippen LogP contribution in [-0.4, -0.2) is 33.3 Å². The van der Waals surface area contributed by atoms with Crippen molar-refractivity contribution in [2.75, 3.05) is 18.8 Å². The lowest BCUT2D eigenvalue weighted by atomic mass is 10.0. The molecule has 0 aliphatic carbocycles. The molecule has 0 bridgehead atoms. The van der Waals surface area contributed by atoms with Gasteiger partial charge in [-0.25, -0.2) is 13.1 Å². The molecule has 5 heteroatoms. The molecule has 124 valence electrons. The monoisotopic (exact) mass is 324 g/mol. The average Bonchev–Trinajstić information content (AvgIpc) is 2.48. The maximum absolute atomic E-state index is 12.4. The second-order valence-electron chi connectivity index (χ2n) is 6.27. The molecule has 2 rings (SSSR count). The molecule has 1 saturated heterocycles. The molecule has 1 atom stereocenters. The van der Waals surface area contributed by atoms with Crippen molar-refractivity contribution in [1.29, 1.82) is 0 Å². The minimum Gasteiger partial charge on any atom is -0.317 e. The van der Waals surface area contributed by atoms with Crippen LogP contribution in [0.3, 0.4) is 0 Å². The fraction of sp³-hybridized carbons (Fsp3) is 0.647. The predicted octanol–water partition coefficient (Wildman–Crippen LogP) is 2.32. The van der Waals surface area contributed by atoms with Gasteiger partial charge in [-0.2, -0.15) is 0 Å². The third-order valence-electron chi connectivity index (χ3n) is 4.22. The lowest BCUT2D eigenvalue weighted by Crippen LogP contribution is -2.41. The van der Waals surface area contributed by atoms with Crippen LogP contribution in [0.2, 0.25) is 0 Å². The molecule has 0 spiro atoms. The molecule has 1 aliphatic rings. The van der Waals surface area contributed by atoms with Crippen LogP contribution in [0.15, 0.2) is 30.3 Å². The Balaban J connectivity index is 1.93. The number of nitrogens with one attached hydrogen (secondary N) is 2. The highest BCUT2D eigenvalue weighted by Gasteiger charge is 2.23. The molecule has 1 aromatic carbocycles. The van der Waals surface area contributed by atoms with Gasteiger partial charge in [0.05, 0.1) is 5.75 Å². The second kappa shape index (κ2) is 8.65. The van der Waals surface area contributed by atoms with Crippen molar-refractivity contribution in [2.24, 2.45) is 5.92 Å². The van der Waals surface area contributed by atoms with Crippen molar-refractivity contribution in [1.82, 2.24) is 10.0 Å². The van der Waals surface area contributed by atoms with Crippen LogP contribution in [0, 0.1) is 5.92 Å². The molecular weight excluding hydrogens is 296 g/mol. The van der Waals surface area contributed by atoms with E-state index in [0.717, 1.165) is 45.2 Å². The Bertz CT molecular complexity index is 525. The Labute approximate surface area is 134 Å². The van der Waals surface area contributed by atoms with Crippen molar-refractivity contribution in [3.63, 3.8) is 0 Å². The van der Waals surface area contributed by atoms with E-state index in [4.69, 9.17) is 0 Å². The van der Waals surface area contributed by atoms with Crippen LogP contribution in [0.5, 0.6) is 0 Å². The van der Waals surface area contributed by atoms with Crippen molar-refractivity contribution in [3.8, 4) is 0 Å². The largest absolute Gasteiger partial charge is 0.317 e. The predicted molar refractivity (Wildman–Crippen MR) is 91.4 cm³/mol.